The van der Waals surface area contributed by atoms with Crippen LogP contribution in [0, 0.1) is 6.92 Å². The third-order valence-electron chi connectivity index (χ3n) is 3.15. The normalized spacial score (nSPS) is 12.8. The van der Waals surface area contributed by atoms with Crippen LogP contribution < -0.4 is 11.1 Å². The van der Waals surface area contributed by atoms with Crippen molar-refractivity contribution in [3.05, 3.63) is 17.8 Å². The summed E-state index contributed by atoms with van der Waals surface area (Å²) >= 11 is 0. The fourth-order valence-corrected chi connectivity index (χ4v) is 1.62. The van der Waals surface area contributed by atoms with Crippen molar-refractivity contribution >= 4 is 11.5 Å². The Bertz CT molecular complexity index is 351. The molecule has 0 aliphatic heterocycles. The molecule has 4 nitrogen and oxygen atoms in total. The Morgan fingerprint density at radius 3 is 2.82 bits per heavy atom. The van der Waals surface area contributed by atoms with Gasteiger partial charge in [-0.25, -0.2) is 4.98 Å². The number of anilines is 2. The van der Waals surface area contributed by atoms with Crippen LogP contribution in [-0.2, 0) is 0 Å². The van der Waals surface area contributed by atoms with Crippen LogP contribution in [0.4, 0.5) is 11.5 Å². The van der Waals surface area contributed by atoms with E-state index in [0.29, 0.717) is 6.04 Å². The zero-order valence-electron chi connectivity index (χ0n) is 11.3. The second-order valence-electron chi connectivity index (χ2n) is 4.62. The Hall–Kier alpha value is -1.29. The van der Waals surface area contributed by atoms with Gasteiger partial charge >= 0.3 is 0 Å². The summed E-state index contributed by atoms with van der Waals surface area (Å²) in [5.74, 6) is 0.785. The SMILES string of the molecule is CCC(C)N(C)CCNc1ncc(C)cc1N. The van der Waals surface area contributed by atoms with Crippen LogP contribution in [0.3, 0.4) is 0 Å². The fraction of sp³-hybridized carbons (Fsp3) is 0.615. The van der Waals surface area contributed by atoms with Crippen molar-refractivity contribution in [2.45, 2.75) is 33.2 Å². The first-order chi connectivity index (χ1) is 8.04. The molecule has 0 fully saturated rings. The van der Waals surface area contributed by atoms with Gasteiger partial charge in [0.25, 0.3) is 0 Å². The van der Waals surface area contributed by atoms with E-state index in [1.807, 2.05) is 19.2 Å². The molecule has 0 spiro atoms. The molecular formula is C13H24N4. The van der Waals surface area contributed by atoms with Crippen LogP contribution in [0.5, 0.6) is 0 Å². The van der Waals surface area contributed by atoms with Crippen molar-refractivity contribution in [1.29, 1.82) is 0 Å². The van der Waals surface area contributed by atoms with E-state index in [2.05, 4.69) is 36.1 Å². The number of aryl methyl sites for hydroxylation is 1. The van der Waals surface area contributed by atoms with Gasteiger partial charge < -0.3 is 16.0 Å². The van der Waals surface area contributed by atoms with Gasteiger partial charge in [0.1, 0.15) is 5.82 Å². The van der Waals surface area contributed by atoms with Crippen molar-refractivity contribution in [3.63, 3.8) is 0 Å². The van der Waals surface area contributed by atoms with Crippen molar-refractivity contribution in [2.24, 2.45) is 0 Å². The van der Waals surface area contributed by atoms with Crippen LogP contribution in [0.25, 0.3) is 0 Å². The number of nitrogens with zero attached hydrogens (tertiary/aromatic N) is 2. The number of rotatable bonds is 6. The zero-order valence-corrected chi connectivity index (χ0v) is 11.3. The molecule has 1 heterocycles. The summed E-state index contributed by atoms with van der Waals surface area (Å²) in [4.78, 5) is 6.62. The number of nitrogens with two attached hydrogens (primary N) is 1. The first-order valence-corrected chi connectivity index (χ1v) is 6.20. The van der Waals surface area contributed by atoms with E-state index in [9.17, 15) is 0 Å². The lowest BCUT2D eigenvalue weighted by molar-refractivity contribution is 0.261. The topological polar surface area (TPSA) is 54.2 Å². The highest BCUT2D eigenvalue weighted by Crippen LogP contribution is 2.15. The average Bonchev–Trinajstić information content (AvgIpc) is 2.30. The number of hydrogen-bond acceptors (Lipinski definition) is 4. The summed E-state index contributed by atoms with van der Waals surface area (Å²) < 4.78 is 0. The fourth-order valence-electron chi connectivity index (χ4n) is 1.62. The molecule has 1 rings (SSSR count). The van der Waals surface area contributed by atoms with Crippen molar-refractivity contribution < 1.29 is 0 Å². The van der Waals surface area contributed by atoms with Gasteiger partial charge in [0.05, 0.1) is 5.69 Å². The number of pyridine rings is 1. The van der Waals surface area contributed by atoms with Gasteiger partial charge in [-0.15, -0.1) is 0 Å². The van der Waals surface area contributed by atoms with Crippen LogP contribution >= 0.6 is 0 Å². The highest BCUT2D eigenvalue weighted by Gasteiger charge is 2.06. The molecule has 0 radical (unpaired) electrons. The Morgan fingerprint density at radius 2 is 2.24 bits per heavy atom. The maximum atomic E-state index is 5.89. The number of likely N-dealkylation sites (N-methyl/N-ethyl adjacent to an activating group) is 1. The van der Waals surface area contributed by atoms with Crippen molar-refractivity contribution in [1.82, 2.24) is 9.88 Å². The lowest BCUT2D eigenvalue weighted by atomic mass is 10.2. The minimum absolute atomic E-state index is 0.611. The molecule has 0 aromatic carbocycles. The minimum atomic E-state index is 0.611. The summed E-state index contributed by atoms with van der Waals surface area (Å²) in [6.07, 6.45) is 3.00. The van der Waals surface area contributed by atoms with Gasteiger partial charge in [-0.2, -0.15) is 0 Å². The largest absolute Gasteiger partial charge is 0.396 e. The van der Waals surface area contributed by atoms with Gasteiger partial charge in [-0.3, -0.25) is 0 Å². The van der Waals surface area contributed by atoms with E-state index >= 15 is 0 Å². The maximum Gasteiger partial charge on any atom is 0.149 e. The minimum Gasteiger partial charge on any atom is -0.396 e. The zero-order chi connectivity index (χ0) is 12.8. The summed E-state index contributed by atoms with van der Waals surface area (Å²) in [5, 5.41) is 3.27. The van der Waals surface area contributed by atoms with Crippen molar-refractivity contribution in [3.8, 4) is 0 Å². The molecule has 3 N–H and O–H groups in total. The second-order valence-corrected chi connectivity index (χ2v) is 4.62. The molecule has 0 bridgehead atoms. The lowest BCUT2D eigenvalue weighted by Gasteiger charge is -2.23. The highest BCUT2D eigenvalue weighted by molar-refractivity contribution is 5.61. The Kier molecular flexibility index (Phi) is 5.22. The van der Waals surface area contributed by atoms with Crippen LogP contribution in [-0.4, -0.2) is 36.1 Å². The smallest absolute Gasteiger partial charge is 0.149 e. The summed E-state index contributed by atoms with van der Waals surface area (Å²) in [6, 6.07) is 2.55. The van der Waals surface area contributed by atoms with Gasteiger partial charge in [0, 0.05) is 25.3 Å². The van der Waals surface area contributed by atoms with Crippen molar-refractivity contribution in [2.75, 3.05) is 31.2 Å². The number of nitrogens with one attached hydrogen (secondary N) is 1. The molecule has 1 aromatic rings. The standard InChI is InChI=1S/C13H24N4/c1-5-11(3)17(4)7-6-15-13-12(14)8-10(2)9-16-13/h8-9,11H,5-7,14H2,1-4H3,(H,15,16). The average molecular weight is 236 g/mol. The molecule has 17 heavy (non-hydrogen) atoms. The quantitative estimate of drug-likeness (QED) is 0.794. The molecule has 0 aliphatic carbocycles. The predicted molar refractivity (Wildman–Crippen MR) is 74.3 cm³/mol. The molecular weight excluding hydrogens is 212 g/mol. The van der Waals surface area contributed by atoms with E-state index in [-0.39, 0.29) is 0 Å². The molecule has 1 unspecified atom stereocenters. The van der Waals surface area contributed by atoms with Gasteiger partial charge in [-0.1, -0.05) is 6.92 Å². The molecule has 0 saturated heterocycles. The molecule has 1 atom stereocenters. The Morgan fingerprint density at radius 1 is 1.53 bits per heavy atom. The third-order valence-corrected chi connectivity index (χ3v) is 3.15. The van der Waals surface area contributed by atoms with Crippen LogP contribution in [0.15, 0.2) is 12.3 Å². The molecule has 96 valence electrons. The van der Waals surface area contributed by atoms with E-state index in [1.165, 1.54) is 6.42 Å². The highest BCUT2D eigenvalue weighted by atomic mass is 15.1. The molecule has 0 saturated carbocycles. The first-order valence-electron chi connectivity index (χ1n) is 6.20. The molecule has 0 amide bonds. The second kappa shape index (κ2) is 6.45. The van der Waals surface area contributed by atoms with E-state index in [0.717, 1.165) is 30.2 Å². The first kappa shape index (κ1) is 13.8. The van der Waals surface area contributed by atoms with E-state index in [1.54, 1.807) is 0 Å². The van der Waals surface area contributed by atoms with Crippen LogP contribution in [0.2, 0.25) is 0 Å². The van der Waals surface area contributed by atoms with E-state index in [4.69, 9.17) is 5.73 Å². The number of nitrogen functional groups attached to an aromatic ring is 1. The van der Waals surface area contributed by atoms with E-state index < -0.39 is 0 Å². The van der Waals surface area contributed by atoms with Gasteiger partial charge in [0.15, 0.2) is 0 Å². The van der Waals surface area contributed by atoms with Gasteiger partial charge in [-0.05, 0) is 38.9 Å². The summed E-state index contributed by atoms with van der Waals surface area (Å²) in [6.45, 7) is 8.28. The maximum absolute atomic E-state index is 5.89. The molecule has 1 aromatic heterocycles. The lowest BCUT2D eigenvalue weighted by Crippen LogP contribution is -2.32. The Balaban J connectivity index is 2.40. The summed E-state index contributed by atoms with van der Waals surface area (Å²) in [5.41, 5.74) is 7.69. The van der Waals surface area contributed by atoms with Crippen LogP contribution in [0.1, 0.15) is 25.8 Å². The number of aromatic nitrogens is 1. The molecule has 0 aliphatic rings. The predicted octanol–water partition coefficient (Wildman–Crippen LogP) is 2.11. The third kappa shape index (κ3) is 4.23. The Labute approximate surface area is 104 Å². The summed E-state index contributed by atoms with van der Waals surface area (Å²) in [7, 11) is 2.14. The number of hydrogen-bond donors (Lipinski definition) is 2. The van der Waals surface area contributed by atoms with Gasteiger partial charge in [0.2, 0.25) is 0 Å². The monoisotopic (exact) mass is 236 g/mol. The molecule has 4 heteroatoms.